The molecule has 3 fully saturated rings. The molecule has 2 aromatic heterocycles. The molecule has 1 atom stereocenters. The molecule has 5 rings (SSSR count). The van der Waals surface area contributed by atoms with Gasteiger partial charge in [-0.3, -0.25) is 9.59 Å². The normalized spacial score (nSPS) is 22.9. The lowest BCUT2D eigenvalue weighted by molar-refractivity contribution is -0.126. The van der Waals surface area contributed by atoms with Gasteiger partial charge in [-0.15, -0.1) is 0 Å². The first-order valence-electron chi connectivity index (χ1n) is 9.71. The Morgan fingerprint density at radius 1 is 1.30 bits per heavy atom. The van der Waals surface area contributed by atoms with Crippen LogP contribution in [0.3, 0.4) is 0 Å². The Labute approximate surface area is 156 Å². The molecule has 27 heavy (non-hydrogen) atoms. The van der Waals surface area contributed by atoms with Crippen LogP contribution < -0.4 is 10.6 Å². The predicted molar refractivity (Wildman–Crippen MR) is 97.4 cm³/mol. The number of pyridine rings is 1. The van der Waals surface area contributed by atoms with Crippen molar-refractivity contribution < 1.29 is 14.1 Å². The van der Waals surface area contributed by atoms with E-state index >= 15 is 0 Å². The van der Waals surface area contributed by atoms with E-state index in [1.807, 2.05) is 13.0 Å². The molecule has 2 aliphatic carbocycles. The molecule has 2 N–H and O–H groups in total. The maximum absolute atomic E-state index is 13.5. The first kappa shape index (κ1) is 16.7. The maximum atomic E-state index is 13.5. The lowest BCUT2D eigenvalue weighted by atomic mass is 10.0. The van der Waals surface area contributed by atoms with Crippen molar-refractivity contribution in [2.24, 2.45) is 0 Å². The highest BCUT2D eigenvalue weighted by atomic mass is 16.5. The Morgan fingerprint density at radius 2 is 2.11 bits per heavy atom. The van der Waals surface area contributed by atoms with Crippen LogP contribution in [0.1, 0.15) is 53.3 Å². The molecule has 0 radical (unpaired) electrons. The van der Waals surface area contributed by atoms with Crippen molar-refractivity contribution >= 4 is 22.9 Å². The average Bonchev–Trinajstić information content (AvgIpc) is 3.60. The molecule has 0 aromatic carbocycles. The van der Waals surface area contributed by atoms with Gasteiger partial charge in [-0.25, -0.2) is 4.98 Å². The van der Waals surface area contributed by atoms with Crippen LogP contribution in [-0.2, 0) is 4.79 Å². The number of carbonyl (C=O) groups is 2. The molecule has 3 heterocycles. The summed E-state index contributed by atoms with van der Waals surface area (Å²) in [6, 6.07) is 1.65. The van der Waals surface area contributed by atoms with Crippen molar-refractivity contribution in [1.82, 2.24) is 25.7 Å². The summed E-state index contributed by atoms with van der Waals surface area (Å²) in [5, 5.41) is 10.9. The summed E-state index contributed by atoms with van der Waals surface area (Å²) in [4.78, 5) is 32.4. The molecule has 1 aliphatic heterocycles. The van der Waals surface area contributed by atoms with Gasteiger partial charge in [0.15, 0.2) is 0 Å². The zero-order chi connectivity index (χ0) is 18.5. The number of carbonyl (C=O) groups excluding carboxylic acids is 2. The quantitative estimate of drug-likeness (QED) is 0.837. The van der Waals surface area contributed by atoms with E-state index in [4.69, 9.17) is 4.52 Å². The highest BCUT2D eigenvalue weighted by molar-refractivity contribution is 6.07. The second-order valence-corrected chi connectivity index (χ2v) is 7.82. The molecule has 1 saturated heterocycles. The fraction of sp³-hybridized carbons (Fsp3) is 0.579. The molecule has 142 valence electrons. The minimum Gasteiger partial charge on any atom is -0.352 e. The average molecular weight is 369 g/mol. The van der Waals surface area contributed by atoms with Crippen LogP contribution in [0.4, 0.5) is 0 Å². The van der Waals surface area contributed by atoms with E-state index in [-0.39, 0.29) is 17.9 Å². The summed E-state index contributed by atoms with van der Waals surface area (Å²) in [6.45, 7) is 3.45. The Kier molecular flexibility index (Phi) is 3.89. The van der Waals surface area contributed by atoms with E-state index in [1.165, 1.54) is 0 Å². The number of nitrogens with one attached hydrogen (secondary N) is 2. The third kappa shape index (κ3) is 3.07. The molecule has 3 aliphatic rings. The van der Waals surface area contributed by atoms with Gasteiger partial charge >= 0.3 is 0 Å². The van der Waals surface area contributed by atoms with Gasteiger partial charge in [-0.1, -0.05) is 5.16 Å². The maximum Gasteiger partial charge on any atom is 0.259 e. The first-order chi connectivity index (χ1) is 13.1. The summed E-state index contributed by atoms with van der Waals surface area (Å²) < 4.78 is 5.36. The molecule has 8 heteroatoms. The summed E-state index contributed by atoms with van der Waals surface area (Å²) in [7, 11) is 0. The summed E-state index contributed by atoms with van der Waals surface area (Å²) in [5.74, 6) is 0.171. The summed E-state index contributed by atoms with van der Waals surface area (Å²) in [5.41, 5.74) is 2.49. The topological polar surface area (TPSA) is 100 Å². The molecule has 2 amide bonds. The van der Waals surface area contributed by atoms with Crippen LogP contribution in [0.15, 0.2) is 10.6 Å². The minimum absolute atomic E-state index is 0.0761. The lowest BCUT2D eigenvalue weighted by Gasteiger charge is -2.35. The van der Waals surface area contributed by atoms with Crippen molar-refractivity contribution in [3.63, 3.8) is 0 Å². The number of hydrogen-bond donors (Lipinski definition) is 2. The number of rotatable bonds is 4. The number of fused-ring (bicyclic) bond motifs is 1. The Morgan fingerprint density at radius 3 is 2.85 bits per heavy atom. The summed E-state index contributed by atoms with van der Waals surface area (Å²) >= 11 is 0. The van der Waals surface area contributed by atoms with E-state index in [2.05, 4.69) is 20.8 Å². The summed E-state index contributed by atoms with van der Waals surface area (Å²) in [6.07, 6.45) is 4.21. The number of aryl methyl sites for hydroxylation is 1. The van der Waals surface area contributed by atoms with E-state index in [0.29, 0.717) is 47.9 Å². The SMILES string of the molecule is Cc1noc2nc(C3CC3)cc(C(=O)N3CCNCC3C(=O)NC3CC3)c12. The first-order valence-corrected chi connectivity index (χ1v) is 9.71. The standard InChI is InChI=1S/C19H23N5O3/c1-10-16-13(8-14(11-2-3-11)22-18(16)27-23-10)19(26)24-7-6-20-9-15(24)17(25)21-12-4-5-12/h8,11-12,15,20H,2-7,9H2,1H3,(H,21,25). The molecule has 8 nitrogen and oxygen atoms in total. The molecule has 0 spiro atoms. The number of aromatic nitrogens is 2. The fourth-order valence-electron chi connectivity index (χ4n) is 3.73. The minimum atomic E-state index is -0.500. The largest absolute Gasteiger partial charge is 0.352 e. The van der Waals surface area contributed by atoms with Crippen molar-refractivity contribution in [1.29, 1.82) is 0 Å². The van der Waals surface area contributed by atoms with Crippen molar-refractivity contribution in [2.45, 2.75) is 50.6 Å². The number of nitrogens with zero attached hydrogens (tertiary/aromatic N) is 3. The Balaban J connectivity index is 1.51. The van der Waals surface area contributed by atoms with Crippen molar-refractivity contribution in [3.8, 4) is 0 Å². The third-order valence-electron chi connectivity index (χ3n) is 5.59. The van der Waals surface area contributed by atoms with Gasteiger partial charge in [0.2, 0.25) is 5.91 Å². The van der Waals surface area contributed by atoms with E-state index in [1.54, 1.807) is 4.90 Å². The van der Waals surface area contributed by atoms with Crippen LogP contribution in [-0.4, -0.2) is 58.6 Å². The Hall–Kier alpha value is -2.48. The zero-order valence-corrected chi connectivity index (χ0v) is 15.3. The van der Waals surface area contributed by atoms with Crippen LogP contribution in [0.5, 0.6) is 0 Å². The van der Waals surface area contributed by atoms with Gasteiger partial charge in [0, 0.05) is 37.3 Å². The van der Waals surface area contributed by atoms with Crippen molar-refractivity contribution in [3.05, 3.63) is 23.0 Å². The highest BCUT2D eigenvalue weighted by Crippen LogP contribution is 2.40. The van der Waals surface area contributed by atoms with Gasteiger partial charge in [0.05, 0.1) is 16.6 Å². The Bertz CT molecular complexity index is 915. The molecule has 2 aromatic rings. The highest BCUT2D eigenvalue weighted by Gasteiger charge is 2.37. The monoisotopic (exact) mass is 369 g/mol. The third-order valence-corrected chi connectivity index (χ3v) is 5.59. The molecule has 2 saturated carbocycles. The second kappa shape index (κ2) is 6.30. The van der Waals surface area contributed by atoms with Crippen molar-refractivity contribution in [2.75, 3.05) is 19.6 Å². The van der Waals surface area contributed by atoms with Gasteiger partial charge in [-0.05, 0) is 38.7 Å². The number of hydrogen-bond acceptors (Lipinski definition) is 6. The molecule has 0 bridgehead atoms. The van der Waals surface area contributed by atoms with Crippen LogP contribution in [0, 0.1) is 6.92 Å². The smallest absolute Gasteiger partial charge is 0.259 e. The second-order valence-electron chi connectivity index (χ2n) is 7.82. The van der Waals surface area contributed by atoms with E-state index in [9.17, 15) is 9.59 Å². The van der Waals surface area contributed by atoms with Gasteiger partial charge < -0.3 is 20.1 Å². The number of amides is 2. The van der Waals surface area contributed by atoms with Gasteiger partial charge in [-0.2, -0.15) is 0 Å². The molecular weight excluding hydrogens is 346 g/mol. The number of piperazine rings is 1. The van der Waals surface area contributed by atoms with Gasteiger partial charge in [0.25, 0.3) is 11.6 Å². The molecular formula is C19H23N5O3. The van der Waals surface area contributed by atoms with E-state index < -0.39 is 6.04 Å². The van der Waals surface area contributed by atoms with Crippen LogP contribution in [0.2, 0.25) is 0 Å². The lowest BCUT2D eigenvalue weighted by Crippen LogP contribution is -2.59. The van der Waals surface area contributed by atoms with Crippen LogP contribution in [0.25, 0.3) is 11.1 Å². The predicted octanol–water partition coefficient (Wildman–Crippen LogP) is 1.10. The van der Waals surface area contributed by atoms with E-state index in [0.717, 1.165) is 31.4 Å². The van der Waals surface area contributed by atoms with Crippen LogP contribution >= 0.6 is 0 Å². The van der Waals surface area contributed by atoms with Gasteiger partial charge in [0.1, 0.15) is 6.04 Å². The zero-order valence-electron chi connectivity index (χ0n) is 15.3. The molecule has 1 unspecified atom stereocenters. The fourth-order valence-corrected chi connectivity index (χ4v) is 3.73.